The maximum Gasteiger partial charge on any atom is 0.298 e. The number of aliphatic imine (C=N–C) groups is 1. The van der Waals surface area contributed by atoms with Crippen molar-refractivity contribution in [3.8, 4) is 0 Å². The lowest BCUT2D eigenvalue weighted by Gasteiger charge is -2.39. The van der Waals surface area contributed by atoms with Crippen molar-refractivity contribution in [3.05, 3.63) is 77.5 Å². The van der Waals surface area contributed by atoms with Gasteiger partial charge in [-0.2, -0.15) is 8.78 Å². The molecule has 1 unspecified atom stereocenters. The number of pyridine rings is 1. The highest BCUT2D eigenvalue weighted by atomic mass is 19.3. The monoisotopic (exact) mass is 336 g/mol. The molecule has 4 heteroatoms. The van der Waals surface area contributed by atoms with Crippen molar-refractivity contribution in [3.63, 3.8) is 0 Å². The third kappa shape index (κ3) is 2.28. The lowest BCUT2D eigenvalue weighted by Crippen LogP contribution is -2.46. The van der Waals surface area contributed by atoms with Crippen LogP contribution in [0.5, 0.6) is 0 Å². The SMILES string of the molecule is CCC1(C)N=C(c2ccc3ccccc3n2)c2ccccc2C1(F)F. The van der Waals surface area contributed by atoms with E-state index >= 15 is 8.78 Å². The molecule has 1 atom stereocenters. The molecule has 0 fully saturated rings. The second-order valence-corrected chi connectivity index (χ2v) is 6.60. The Morgan fingerprint density at radius 1 is 0.920 bits per heavy atom. The van der Waals surface area contributed by atoms with Gasteiger partial charge < -0.3 is 0 Å². The van der Waals surface area contributed by atoms with Crippen molar-refractivity contribution in [1.82, 2.24) is 4.98 Å². The van der Waals surface area contributed by atoms with Gasteiger partial charge in [0, 0.05) is 16.5 Å². The van der Waals surface area contributed by atoms with E-state index in [2.05, 4.69) is 9.98 Å². The van der Waals surface area contributed by atoms with Gasteiger partial charge in [0.1, 0.15) is 5.54 Å². The van der Waals surface area contributed by atoms with Gasteiger partial charge in [0.25, 0.3) is 5.92 Å². The van der Waals surface area contributed by atoms with Crippen molar-refractivity contribution < 1.29 is 8.78 Å². The van der Waals surface area contributed by atoms with Crippen LogP contribution in [0.1, 0.15) is 37.1 Å². The first-order chi connectivity index (χ1) is 12.0. The first kappa shape index (κ1) is 15.9. The maximum atomic E-state index is 15.1. The summed E-state index contributed by atoms with van der Waals surface area (Å²) in [5.41, 5.74) is 0.999. The van der Waals surface area contributed by atoms with Crippen molar-refractivity contribution in [1.29, 1.82) is 0 Å². The average molecular weight is 336 g/mol. The Bertz CT molecular complexity index is 994. The second kappa shape index (κ2) is 5.45. The number of nitrogens with zero attached hydrogens (tertiary/aromatic N) is 2. The summed E-state index contributed by atoms with van der Waals surface area (Å²) in [7, 11) is 0. The molecule has 1 aliphatic rings. The zero-order valence-electron chi connectivity index (χ0n) is 14.1. The molecule has 0 amide bonds. The molecule has 2 heterocycles. The van der Waals surface area contributed by atoms with Crippen LogP contribution in [0, 0.1) is 0 Å². The van der Waals surface area contributed by atoms with Gasteiger partial charge >= 0.3 is 0 Å². The van der Waals surface area contributed by atoms with Gasteiger partial charge in [0.15, 0.2) is 0 Å². The number of hydrogen-bond donors (Lipinski definition) is 0. The fraction of sp³-hybridized carbons (Fsp3) is 0.238. The van der Waals surface area contributed by atoms with Crippen LogP contribution in [0.4, 0.5) is 8.78 Å². The highest BCUT2D eigenvalue weighted by molar-refractivity contribution is 6.14. The molecule has 2 aromatic carbocycles. The van der Waals surface area contributed by atoms with Crippen LogP contribution < -0.4 is 0 Å². The fourth-order valence-corrected chi connectivity index (χ4v) is 3.32. The highest BCUT2D eigenvalue weighted by Gasteiger charge is 2.54. The van der Waals surface area contributed by atoms with E-state index in [1.807, 2.05) is 36.4 Å². The minimum absolute atomic E-state index is 0.0271. The quantitative estimate of drug-likeness (QED) is 0.619. The zero-order valence-corrected chi connectivity index (χ0v) is 14.1. The molecule has 0 saturated heterocycles. The lowest BCUT2D eigenvalue weighted by molar-refractivity contribution is -0.0769. The molecule has 0 saturated carbocycles. The van der Waals surface area contributed by atoms with Gasteiger partial charge in [-0.15, -0.1) is 0 Å². The summed E-state index contributed by atoms with van der Waals surface area (Å²) in [6.45, 7) is 3.26. The lowest BCUT2D eigenvalue weighted by atomic mass is 9.79. The summed E-state index contributed by atoms with van der Waals surface area (Å²) in [4.78, 5) is 9.18. The van der Waals surface area contributed by atoms with Crippen LogP contribution in [0.2, 0.25) is 0 Å². The van der Waals surface area contributed by atoms with Gasteiger partial charge in [-0.25, -0.2) is 4.98 Å². The molecule has 3 aromatic rings. The molecule has 0 bridgehead atoms. The number of halogens is 2. The number of rotatable bonds is 2. The molecule has 0 aliphatic carbocycles. The topological polar surface area (TPSA) is 25.2 Å². The molecular formula is C21H18F2N2. The van der Waals surface area contributed by atoms with Crippen molar-refractivity contribution >= 4 is 16.6 Å². The zero-order chi connectivity index (χ0) is 17.7. The Hall–Kier alpha value is -2.62. The molecule has 0 spiro atoms. The Morgan fingerprint density at radius 2 is 1.64 bits per heavy atom. The van der Waals surface area contributed by atoms with Crippen LogP contribution >= 0.6 is 0 Å². The molecule has 0 N–H and O–H groups in total. The van der Waals surface area contributed by atoms with Crippen molar-refractivity contribution in [2.75, 3.05) is 0 Å². The summed E-state index contributed by atoms with van der Waals surface area (Å²) in [5.74, 6) is -3.02. The number of hydrogen-bond acceptors (Lipinski definition) is 2. The van der Waals surface area contributed by atoms with Gasteiger partial charge in [-0.3, -0.25) is 4.99 Å². The fourth-order valence-electron chi connectivity index (χ4n) is 3.32. The summed E-state index contributed by atoms with van der Waals surface area (Å²) >= 11 is 0. The number of benzene rings is 2. The van der Waals surface area contributed by atoms with E-state index in [1.165, 1.54) is 13.0 Å². The molecular weight excluding hydrogens is 318 g/mol. The summed E-state index contributed by atoms with van der Waals surface area (Å²) < 4.78 is 30.1. The van der Waals surface area contributed by atoms with E-state index in [4.69, 9.17) is 0 Å². The normalized spacial score (nSPS) is 21.7. The summed E-state index contributed by atoms with van der Waals surface area (Å²) in [6.07, 6.45) is 0.241. The number of aromatic nitrogens is 1. The van der Waals surface area contributed by atoms with Gasteiger partial charge in [0.05, 0.1) is 16.9 Å². The molecule has 1 aliphatic heterocycles. The van der Waals surface area contributed by atoms with E-state index in [-0.39, 0.29) is 12.0 Å². The summed E-state index contributed by atoms with van der Waals surface area (Å²) in [6, 6.07) is 18.2. The Balaban J connectivity index is 1.98. The third-order valence-electron chi connectivity index (χ3n) is 5.08. The minimum atomic E-state index is -3.02. The maximum absolute atomic E-state index is 15.1. The highest BCUT2D eigenvalue weighted by Crippen LogP contribution is 2.48. The Labute approximate surface area is 145 Å². The van der Waals surface area contributed by atoms with E-state index in [0.717, 1.165) is 10.9 Å². The van der Waals surface area contributed by atoms with E-state index in [1.54, 1.807) is 25.1 Å². The number of para-hydroxylation sites is 1. The molecule has 0 radical (unpaired) electrons. The first-order valence-corrected chi connectivity index (χ1v) is 8.40. The minimum Gasteiger partial charge on any atom is -0.269 e. The van der Waals surface area contributed by atoms with Crippen LogP contribution in [0.25, 0.3) is 10.9 Å². The predicted octanol–water partition coefficient (Wildman–Crippen LogP) is 5.35. The van der Waals surface area contributed by atoms with Crippen LogP contribution in [0.15, 0.2) is 65.7 Å². The van der Waals surface area contributed by atoms with Crippen LogP contribution in [0.3, 0.4) is 0 Å². The van der Waals surface area contributed by atoms with E-state index in [0.29, 0.717) is 17.0 Å². The van der Waals surface area contributed by atoms with Crippen LogP contribution in [-0.4, -0.2) is 16.2 Å². The van der Waals surface area contributed by atoms with Crippen LogP contribution in [-0.2, 0) is 5.92 Å². The van der Waals surface area contributed by atoms with E-state index in [9.17, 15) is 0 Å². The second-order valence-electron chi connectivity index (χ2n) is 6.60. The standard InChI is InChI=1S/C21H18F2N2/c1-3-20(2)21(22,23)16-10-6-5-9-15(16)19(25-20)18-13-12-14-8-4-7-11-17(14)24-18/h4-13H,3H2,1-2H3. The van der Waals surface area contributed by atoms with Gasteiger partial charge in [-0.05, 0) is 25.5 Å². The molecule has 4 rings (SSSR count). The summed E-state index contributed by atoms with van der Waals surface area (Å²) in [5, 5.41) is 1.01. The molecule has 1 aromatic heterocycles. The van der Waals surface area contributed by atoms with Gasteiger partial charge in [-0.1, -0.05) is 55.5 Å². The number of alkyl halides is 2. The first-order valence-electron chi connectivity index (χ1n) is 8.40. The third-order valence-corrected chi connectivity index (χ3v) is 5.08. The van der Waals surface area contributed by atoms with Crippen molar-refractivity contribution in [2.24, 2.45) is 4.99 Å². The smallest absolute Gasteiger partial charge is 0.269 e. The number of fused-ring (bicyclic) bond motifs is 2. The molecule has 126 valence electrons. The largest absolute Gasteiger partial charge is 0.298 e. The van der Waals surface area contributed by atoms with Crippen molar-refractivity contribution in [2.45, 2.75) is 31.7 Å². The Morgan fingerprint density at radius 3 is 2.44 bits per heavy atom. The average Bonchev–Trinajstić information content (AvgIpc) is 2.64. The molecule has 2 nitrogen and oxygen atoms in total. The predicted molar refractivity (Wildman–Crippen MR) is 96.4 cm³/mol. The van der Waals surface area contributed by atoms with Gasteiger partial charge in [0.2, 0.25) is 0 Å². The Kier molecular flexibility index (Phi) is 3.46. The molecule has 25 heavy (non-hydrogen) atoms. The van der Waals surface area contributed by atoms with E-state index < -0.39 is 11.5 Å².